The average molecular weight is 451 g/mol. The van der Waals surface area contributed by atoms with Gasteiger partial charge in [-0.1, -0.05) is 35.0 Å². The summed E-state index contributed by atoms with van der Waals surface area (Å²) in [7, 11) is 0. The van der Waals surface area contributed by atoms with Crippen molar-refractivity contribution in [2.24, 2.45) is 0 Å². The summed E-state index contributed by atoms with van der Waals surface area (Å²) in [6.07, 6.45) is 0.913. The van der Waals surface area contributed by atoms with Crippen molar-refractivity contribution in [1.29, 1.82) is 0 Å². The smallest absolute Gasteiger partial charge is 0.255 e. The number of nitrogens with one attached hydrogen (secondary N) is 1. The lowest BCUT2D eigenvalue weighted by molar-refractivity contribution is 0.102. The maximum atomic E-state index is 12.6. The number of fused-ring (bicyclic) bond motifs is 1. The SMILES string of the molecule is CCCOc1cccc(C(=O)Nc2ccc3oc(-c4cccc(Br)c4)nc3c2)c1. The normalized spacial score (nSPS) is 10.8. The molecule has 0 radical (unpaired) electrons. The summed E-state index contributed by atoms with van der Waals surface area (Å²) in [6, 6.07) is 20.3. The molecule has 0 unspecified atom stereocenters. The van der Waals surface area contributed by atoms with Gasteiger partial charge in [0.15, 0.2) is 5.58 Å². The fourth-order valence-corrected chi connectivity index (χ4v) is 3.30. The van der Waals surface area contributed by atoms with Gasteiger partial charge in [0.1, 0.15) is 11.3 Å². The number of carbonyl (C=O) groups is 1. The topological polar surface area (TPSA) is 64.4 Å². The first-order valence-corrected chi connectivity index (χ1v) is 10.1. The summed E-state index contributed by atoms with van der Waals surface area (Å²) < 4.78 is 12.4. The number of nitrogens with zero attached hydrogens (tertiary/aromatic N) is 1. The number of amides is 1. The van der Waals surface area contributed by atoms with Gasteiger partial charge in [0, 0.05) is 21.3 Å². The van der Waals surface area contributed by atoms with Crippen molar-refractivity contribution in [3.8, 4) is 17.2 Å². The molecule has 1 heterocycles. The van der Waals surface area contributed by atoms with E-state index in [1.165, 1.54) is 0 Å². The number of ether oxygens (including phenoxy) is 1. The summed E-state index contributed by atoms with van der Waals surface area (Å²) >= 11 is 3.46. The molecule has 0 aliphatic carbocycles. The maximum Gasteiger partial charge on any atom is 0.255 e. The van der Waals surface area contributed by atoms with Crippen molar-refractivity contribution in [1.82, 2.24) is 4.98 Å². The largest absolute Gasteiger partial charge is 0.494 e. The number of rotatable bonds is 6. The Hall–Kier alpha value is -3.12. The minimum absolute atomic E-state index is 0.206. The molecule has 0 spiro atoms. The molecule has 3 aromatic carbocycles. The second kappa shape index (κ2) is 8.49. The predicted octanol–water partition coefficient (Wildman–Crippen LogP) is 6.30. The monoisotopic (exact) mass is 450 g/mol. The second-order valence-corrected chi connectivity index (χ2v) is 7.46. The number of hydrogen-bond acceptors (Lipinski definition) is 4. The molecule has 4 aromatic rings. The van der Waals surface area contributed by atoms with Crippen LogP contribution in [0.1, 0.15) is 23.7 Å². The van der Waals surface area contributed by atoms with Crippen LogP contribution < -0.4 is 10.1 Å². The number of hydrogen-bond donors (Lipinski definition) is 1. The predicted molar refractivity (Wildman–Crippen MR) is 117 cm³/mol. The van der Waals surface area contributed by atoms with Crippen LogP contribution in [-0.2, 0) is 0 Å². The lowest BCUT2D eigenvalue weighted by Gasteiger charge is -2.08. The Labute approximate surface area is 176 Å². The summed E-state index contributed by atoms with van der Waals surface area (Å²) in [5, 5.41) is 2.91. The van der Waals surface area contributed by atoms with Gasteiger partial charge in [-0.25, -0.2) is 4.98 Å². The van der Waals surface area contributed by atoms with E-state index in [-0.39, 0.29) is 5.91 Å². The first kappa shape index (κ1) is 19.2. The number of oxazole rings is 1. The van der Waals surface area contributed by atoms with Gasteiger partial charge in [-0.15, -0.1) is 0 Å². The van der Waals surface area contributed by atoms with E-state index >= 15 is 0 Å². The number of halogens is 1. The highest BCUT2D eigenvalue weighted by Gasteiger charge is 2.12. The molecule has 5 nitrogen and oxygen atoms in total. The Balaban J connectivity index is 1.55. The molecule has 0 fully saturated rings. The van der Waals surface area contributed by atoms with E-state index in [9.17, 15) is 4.79 Å². The standard InChI is InChI=1S/C23H19BrN2O3/c1-2-11-28-19-8-4-5-15(13-19)22(27)25-18-9-10-21-20(14-18)26-23(29-21)16-6-3-7-17(24)12-16/h3-10,12-14H,2,11H2,1H3,(H,25,27). The highest BCUT2D eigenvalue weighted by Crippen LogP contribution is 2.28. The zero-order valence-electron chi connectivity index (χ0n) is 15.8. The van der Waals surface area contributed by atoms with Gasteiger partial charge in [0.2, 0.25) is 5.89 Å². The molecule has 1 amide bonds. The van der Waals surface area contributed by atoms with Gasteiger partial charge in [-0.05, 0) is 61.0 Å². The van der Waals surface area contributed by atoms with Crippen LogP contribution in [0.4, 0.5) is 5.69 Å². The summed E-state index contributed by atoms with van der Waals surface area (Å²) in [5.41, 5.74) is 3.40. The van der Waals surface area contributed by atoms with Crippen LogP contribution in [0.15, 0.2) is 75.6 Å². The zero-order valence-corrected chi connectivity index (χ0v) is 17.4. The van der Waals surface area contributed by atoms with Gasteiger partial charge in [-0.2, -0.15) is 0 Å². The summed E-state index contributed by atoms with van der Waals surface area (Å²) in [4.78, 5) is 17.2. The molecule has 0 aliphatic heterocycles. The van der Waals surface area contributed by atoms with Crippen LogP contribution in [0.3, 0.4) is 0 Å². The van der Waals surface area contributed by atoms with E-state index in [1.807, 2.05) is 43.3 Å². The molecule has 146 valence electrons. The molecule has 0 bridgehead atoms. The van der Waals surface area contributed by atoms with E-state index in [2.05, 4.69) is 26.2 Å². The van der Waals surface area contributed by atoms with Gasteiger partial charge >= 0.3 is 0 Å². The third-order valence-electron chi connectivity index (χ3n) is 4.29. The Kier molecular flexibility index (Phi) is 5.62. The van der Waals surface area contributed by atoms with E-state index in [0.29, 0.717) is 40.6 Å². The Morgan fingerprint density at radius 2 is 1.97 bits per heavy atom. The molecule has 1 N–H and O–H groups in total. The van der Waals surface area contributed by atoms with Crippen molar-refractivity contribution in [2.45, 2.75) is 13.3 Å². The van der Waals surface area contributed by atoms with Crippen LogP contribution >= 0.6 is 15.9 Å². The van der Waals surface area contributed by atoms with Crippen LogP contribution in [-0.4, -0.2) is 17.5 Å². The molecule has 0 atom stereocenters. The van der Waals surface area contributed by atoms with E-state index < -0.39 is 0 Å². The molecule has 4 rings (SSSR count). The Bertz CT molecular complexity index is 1170. The number of anilines is 1. The fourth-order valence-electron chi connectivity index (χ4n) is 2.90. The third-order valence-corrected chi connectivity index (χ3v) is 4.78. The summed E-state index contributed by atoms with van der Waals surface area (Å²) in [6.45, 7) is 2.66. The highest BCUT2D eigenvalue weighted by atomic mass is 79.9. The Morgan fingerprint density at radius 3 is 2.79 bits per heavy atom. The van der Waals surface area contributed by atoms with Crippen LogP contribution in [0.2, 0.25) is 0 Å². The van der Waals surface area contributed by atoms with Crippen molar-refractivity contribution in [3.05, 3.63) is 76.8 Å². The number of carbonyl (C=O) groups excluding carboxylic acids is 1. The van der Waals surface area contributed by atoms with Crippen molar-refractivity contribution < 1.29 is 13.9 Å². The number of aromatic nitrogens is 1. The van der Waals surface area contributed by atoms with Crippen LogP contribution in [0, 0.1) is 0 Å². The molecule has 0 saturated carbocycles. The van der Waals surface area contributed by atoms with Crippen molar-refractivity contribution in [2.75, 3.05) is 11.9 Å². The highest BCUT2D eigenvalue weighted by molar-refractivity contribution is 9.10. The first-order valence-electron chi connectivity index (χ1n) is 9.33. The molecule has 1 aromatic heterocycles. The fraction of sp³-hybridized carbons (Fsp3) is 0.130. The molecule has 0 aliphatic rings. The number of benzene rings is 3. The van der Waals surface area contributed by atoms with Gasteiger partial charge in [-0.3, -0.25) is 4.79 Å². The Morgan fingerprint density at radius 1 is 1.10 bits per heavy atom. The van der Waals surface area contributed by atoms with E-state index in [1.54, 1.807) is 30.3 Å². The minimum Gasteiger partial charge on any atom is -0.494 e. The van der Waals surface area contributed by atoms with Crippen LogP contribution in [0.25, 0.3) is 22.6 Å². The minimum atomic E-state index is -0.206. The zero-order chi connectivity index (χ0) is 20.2. The van der Waals surface area contributed by atoms with Gasteiger partial charge < -0.3 is 14.5 Å². The van der Waals surface area contributed by atoms with Crippen molar-refractivity contribution in [3.63, 3.8) is 0 Å². The van der Waals surface area contributed by atoms with Crippen LogP contribution in [0.5, 0.6) is 5.75 Å². The summed E-state index contributed by atoms with van der Waals surface area (Å²) in [5.74, 6) is 1.01. The molecular weight excluding hydrogens is 432 g/mol. The maximum absolute atomic E-state index is 12.6. The van der Waals surface area contributed by atoms with Crippen molar-refractivity contribution >= 4 is 38.6 Å². The molecule has 29 heavy (non-hydrogen) atoms. The first-order chi connectivity index (χ1) is 14.1. The average Bonchev–Trinajstić information content (AvgIpc) is 3.16. The van der Waals surface area contributed by atoms with Gasteiger partial charge in [0.05, 0.1) is 6.61 Å². The molecule has 6 heteroatoms. The van der Waals surface area contributed by atoms with E-state index in [0.717, 1.165) is 16.5 Å². The second-order valence-electron chi connectivity index (χ2n) is 6.54. The quantitative estimate of drug-likeness (QED) is 0.374. The molecule has 0 saturated heterocycles. The lowest BCUT2D eigenvalue weighted by atomic mass is 10.2. The van der Waals surface area contributed by atoms with Gasteiger partial charge in [0.25, 0.3) is 5.91 Å². The van der Waals surface area contributed by atoms with E-state index in [4.69, 9.17) is 9.15 Å². The third kappa shape index (κ3) is 4.49. The lowest BCUT2D eigenvalue weighted by Crippen LogP contribution is -2.12. The molecular formula is C23H19BrN2O3.